The molecule has 0 unspecified atom stereocenters. The Balaban J connectivity index is 1.96. The van der Waals surface area contributed by atoms with E-state index in [2.05, 4.69) is 0 Å². The predicted octanol–water partition coefficient (Wildman–Crippen LogP) is 4.44. The van der Waals surface area contributed by atoms with E-state index in [1.807, 2.05) is 0 Å². The van der Waals surface area contributed by atoms with Gasteiger partial charge in [-0.1, -0.05) is 30.0 Å². The lowest BCUT2D eigenvalue weighted by Gasteiger charge is -2.21. The molecule has 0 spiro atoms. The number of phenols is 2. The number of aromatic hydroxyl groups is 2. The van der Waals surface area contributed by atoms with Gasteiger partial charge in [0.05, 0.1) is 16.0 Å². The van der Waals surface area contributed by atoms with Crippen LogP contribution in [-0.4, -0.2) is 21.8 Å². The van der Waals surface area contributed by atoms with Gasteiger partial charge in [-0.2, -0.15) is 0 Å². The Morgan fingerprint density at radius 2 is 1.21 bits per heavy atom. The normalized spacial score (nSPS) is 12.7. The maximum Gasteiger partial charge on any atom is 0.197 e. The second-order valence-electron chi connectivity index (χ2n) is 5.98. The molecule has 1 aliphatic carbocycles. The van der Waals surface area contributed by atoms with Crippen LogP contribution in [0.4, 0.5) is 13.2 Å². The van der Waals surface area contributed by atoms with Crippen molar-refractivity contribution >= 4 is 23.3 Å². The molecule has 28 heavy (non-hydrogen) atoms. The molecule has 0 radical (unpaired) electrons. The van der Waals surface area contributed by atoms with Gasteiger partial charge < -0.3 is 10.2 Å². The van der Waals surface area contributed by atoms with Crippen molar-refractivity contribution in [3.8, 4) is 11.5 Å². The Kier molecular flexibility index (Phi) is 4.15. The van der Waals surface area contributed by atoms with E-state index in [0.29, 0.717) is 16.7 Å². The highest BCUT2D eigenvalue weighted by Crippen LogP contribution is 2.41. The van der Waals surface area contributed by atoms with Crippen molar-refractivity contribution in [2.75, 3.05) is 0 Å². The Morgan fingerprint density at radius 3 is 1.75 bits per heavy atom. The van der Waals surface area contributed by atoms with Gasteiger partial charge in [0.2, 0.25) is 0 Å². The van der Waals surface area contributed by atoms with Crippen LogP contribution in [0.5, 0.6) is 11.5 Å². The molecular weight excluding hydrogens is 393 g/mol. The maximum absolute atomic E-state index is 15.1. The lowest BCUT2D eigenvalue weighted by atomic mass is 9.83. The second-order valence-corrected chi connectivity index (χ2v) is 7.06. The summed E-state index contributed by atoms with van der Waals surface area (Å²) in [4.78, 5) is 25.0. The van der Waals surface area contributed by atoms with Gasteiger partial charge in [0, 0.05) is 16.0 Å². The number of carbonyl (C=O) groups is 2. The molecule has 0 heterocycles. The first-order valence-corrected chi connectivity index (χ1v) is 8.71. The van der Waals surface area contributed by atoms with Gasteiger partial charge in [-0.25, -0.2) is 13.2 Å². The molecule has 0 atom stereocenters. The van der Waals surface area contributed by atoms with Gasteiger partial charge in [-0.15, -0.1) is 0 Å². The van der Waals surface area contributed by atoms with E-state index in [9.17, 15) is 28.6 Å². The van der Waals surface area contributed by atoms with Gasteiger partial charge in [-0.05, 0) is 24.3 Å². The number of fused-ring (bicyclic) bond motifs is 2. The van der Waals surface area contributed by atoms with Crippen molar-refractivity contribution in [3.05, 3.63) is 82.2 Å². The number of rotatable bonds is 2. The second kappa shape index (κ2) is 6.42. The standard InChI is InChI=1S/C20H9F3O4S/c21-15-13-14(16(22)20(17(15)23)28-8-4-2-1-3-5-8)19(27)10-7-12(25)11(24)6-9(10)18(13)26/h1-7,24-25H. The van der Waals surface area contributed by atoms with Crippen LogP contribution in [0.3, 0.4) is 0 Å². The zero-order chi connectivity index (χ0) is 20.2. The molecule has 0 bridgehead atoms. The van der Waals surface area contributed by atoms with Crippen LogP contribution in [0.25, 0.3) is 0 Å². The fraction of sp³-hybridized carbons (Fsp3) is 0. The van der Waals surface area contributed by atoms with Crippen LogP contribution in [0, 0.1) is 17.5 Å². The quantitative estimate of drug-likeness (QED) is 0.383. The minimum atomic E-state index is -1.65. The summed E-state index contributed by atoms with van der Waals surface area (Å²) < 4.78 is 44.3. The summed E-state index contributed by atoms with van der Waals surface area (Å²) in [5.41, 5.74) is -2.79. The van der Waals surface area contributed by atoms with Crippen LogP contribution >= 0.6 is 11.8 Å². The molecule has 1 aliphatic rings. The van der Waals surface area contributed by atoms with E-state index in [1.165, 1.54) is 0 Å². The van der Waals surface area contributed by atoms with Crippen molar-refractivity contribution in [1.82, 2.24) is 0 Å². The summed E-state index contributed by atoms with van der Waals surface area (Å²) >= 11 is 0.575. The third-order valence-corrected chi connectivity index (χ3v) is 5.37. The highest BCUT2D eigenvalue weighted by atomic mass is 32.2. The first-order chi connectivity index (χ1) is 13.3. The average Bonchev–Trinajstić information content (AvgIpc) is 2.68. The Labute approximate surface area is 160 Å². The minimum Gasteiger partial charge on any atom is -0.504 e. The Hall–Kier alpha value is -3.26. The first-order valence-electron chi connectivity index (χ1n) is 7.90. The summed E-state index contributed by atoms with van der Waals surface area (Å²) in [6.45, 7) is 0. The molecule has 0 fully saturated rings. The Bertz CT molecular complexity index is 1180. The number of hydrogen-bond donors (Lipinski definition) is 2. The zero-order valence-electron chi connectivity index (χ0n) is 13.8. The fourth-order valence-electron chi connectivity index (χ4n) is 2.98. The lowest BCUT2D eigenvalue weighted by Crippen LogP contribution is -2.25. The highest BCUT2D eigenvalue weighted by molar-refractivity contribution is 7.99. The first kappa shape index (κ1) is 18.1. The van der Waals surface area contributed by atoms with E-state index >= 15 is 4.39 Å². The highest BCUT2D eigenvalue weighted by Gasteiger charge is 2.39. The molecule has 140 valence electrons. The Morgan fingerprint density at radius 1 is 0.714 bits per heavy atom. The SMILES string of the molecule is O=C1c2cc(O)c(O)cc2C(=O)c2c(F)c(Sc3ccccc3)c(F)c(F)c21. The van der Waals surface area contributed by atoms with E-state index in [0.717, 1.165) is 12.1 Å². The van der Waals surface area contributed by atoms with Gasteiger partial charge in [0.1, 0.15) is 0 Å². The van der Waals surface area contributed by atoms with Gasteiger partial charge in [0.25, 0.3) is 0 Å². The monoisotopic (exact) mass is 402 g/mol. The van der Waals surface area contributed by atoms with E-state index in [4.69, 9.17) is 0 Å². The molecule has 4 rings (SSSR count). The van der Waals surface area contributed by atoms with Crippen molar-refractivity contribution < 1.29 is 33.0 Å². The molecule has 0 saturated carbocycles. The van der Waals surface area contributed by atoms with Crippen LogP contribution in [0.15, 0.2) is 52.3 Å². The van der Waals surface area contributed by atoms with E-state index in [-0.39, 0.29) is 0 Å². The van der Waals surface area contributed by atoms with Gasteiger partial charge >= 0.3 is 0 Å². The van der Waals surface area contributed by atoms with Crippen LogP contribution in [0.1, 0.15) is 31.8 Å². The van der Waals surface area contributed by atoms with Gasteiger partial charge in [-0.3, -0.25) is 9.59 Å². The number of halogens is 3. The molecule has 2 N–H and O–H groups in total. The van der Waals surface area contributed by atoms with E-state index in [1.54, 1.807) is 30.3 Å². The molecule has 3 aromatic carbocycles. The molecule has 8 heteroatoms. The summed E-state index contributed by atoms with van der Waals surface area (Å²) in [6, 6.07) is 9.56. The van der Waals surface area contributed by atoms with Crippen LogP contribution in [0.2, 0.25) is 0 Å². The molecule has 3 aromatic rings. The molecule has 0 saturated heterocycles. The fourth-order valence-corrected chi connectivity index (χ4v) is 3.88. The summed E-state index contributed by atoms with van der Waals surface area (Å²) in [5, 5.41) is 19.2. The summed E-state index contributed by atoms with van der Waals surface area (Å²) in [7, 11) is 0. The molecule has 0 aromatic heterocycles. The topological polar surface area (TPSA) is 74.6 Å². The zero-order valence-corrected chi connectivity index (χ0v) is 14.6. The van der Waals surface area contributed by atoms with Crippen molar-refractivity contribution in [2.24, 2.45) is 0 Å². The number of carbonyl (C=O) groups excluding carboxylic acids is 2. The summed E-state index contributed by atoms with van der Waals surface area (Å²) in [6.07, 6.45) is 0. The maximum atomic E-state index is 15.1. The molecule has 0 amide bonds. The number of ketones is 2. The molecule has 0 aliphatic heterocycles. The lowest BCUT2D eigenvalue weighted by molar-refractivity contribution is 0.0969. The number of phenolic OH excluding ortho intramolecular Hbond substituents is 2. The van der Waals surface area contributed by atoms with Gasteiger partial charge in [0.15, 0.2) is 40.5 Å². The van der Waals surface area contributed by atoms with Crippen LogP contribution in [-0.2, 0) is 0 Å². The van der Waals surface area contributed by atoms with Crippen molar-refractivity contribution in [2.45, 2.75) is 9.79 Å². The van der Waals surface area contributed by atoms with E-state index < -0.39 is 67.7 Å². The van der Waals surface area contributed by atoms with Crippen molar-refractivity contribution in [1.29, 1.82) is 0 Å². The molecule has 4 nitrogen and oxygen atoms in total. The summed E-state index contributed by atoms with van der Waals surface area (Å²) in [5.74, 6) is -8.27. The smallest absolute Gasteiger partial charge is 0.197 e. The number of hydrogen-bond acceptors (Lipinski definition) is 5. The number of benzene rings is 3. The minimum absolute atomic E-state index is 0.400. The predicted molar refractivity (Wildman–Crippen MR) is 93.5 cm³/mol. The third kappa shape index (κ3) is 2.56. The third-order valence-electron chi connectivity index (χ3n) is 4.30. The average molecular weight is 402 g/mol. The van der Waals surface area contributed by atoms with Crippen LogP contribution < -0.4 is 0 Å². The van der Waals surface area contributed by atoms with Crippen molar-refractivity contribution in [3.63, 3.8) is 0 Å². The molecular formula is C20H9F3O4S. The largest absolute Gasteiger partial charge is 0.504 e.